The fourth-order valence-electron chi connectivity index (χ4n) is 1.60. The molecular weight excluding hydrogens is 294 g/mol. The number of methoxy groups -OCH3 is 1. The van der Waals surface area contributed by atoms with Crippen molar-refractivity contribution < 1.29 is 9.47 Å². The number of halogens is 1. The van der Waals surface area contributed by atoms with Crippen LogP contribution in [0.5, 0.6) is 17.4 Å². The number of ether oxygens (including phenoxy) is 2. The highest BCUT2D eigenvalue weighted by molar-refractivity contribution is 9.10. The monoisotopic (exact) mass is 307 g/mol. The van der Waals surface area contributed by atoms with Crippen molar-refractivity contribution >= 4 is 15.9 Å². The summed E-state index contributed by atoms with van der Waals surface area (Å²) >= 11 is 3.38. The number of aryl methyl sites for hydroxylation is 2. The number of rotatable bonds is 3. The number of hydrogen-bond acceptors (Lipinski definition) is 3. The molecule has 18 heavy (non-hydrogen) atoms. The molecule has 0 aliphatic rings. The molecule has 0 atom stereocenters. The Morgan fingerprint density at radius 1 is 1.11 bits per heavy atom. The first kappa shape index (κ1) is 12.9. The minimum Gasteiger partial charge on any atom is -0.493 e. The van der Waals surface area contributed by atoms with Gasteiger partial charge in [-0.3, -0.25) is 0 Å². The summed E-state index contributed by atoms with van der Waals surface area (Å²) in [4.78, 5) is 4.25. The van der Waals surface area contributed by atoms with Crippen LogP contribution in [-0.4, -0.2) is 12.1 Å². The maximum absolute atomic E-state index is 5.78. The molecule has 4 heteroatoms. The molecular formula is C14H14BrNO2. The van der Waals surface area contributed by atoms with Gasteiger partial charge in [0.15, 0.2) is 11.5 Å². The van der Waals surface area contributed by atoms with E-state index in [1.807, 2.05) is 38.1 Å². The first-order valence-electron chi connectivity index (χ1n) is 5.55. The minimum absolute atomic E-state index is 0.584. The Labute approximate surface area is 115 Å². The Morgan fingerprint density at radius 2 is 1.89 bits per heavy atom. The lowest BCUT2D eigenvalue weighted by atomic mass is 10.2. The maximum Gasteiger partial charge on any atom is 0.222 e. The van der Waals surface area contributed by atoms with Crippen molar-refractivity contribution in [2.75, 3.05) is 7.11 Å². The number of nitrogens with zero attached hydrogens (tertiary/aromatic N) is 1. The fraction of sp³-hybridized carbons (Fsp3) is 0.214. The molecule has 2 aromatic rings. The third-order valence-electron chi connectivity index (χ3n) is 2.52. The van der Waals surface area contributed by atoms with Crippen LogP contribution >= 0.6 is 15.9 Å². The van der Waals surface area contributed by atoms with E-state index >= 15 is 0 Å². The van der Waals surface area contributed by atoms with Crippen LogP contribution in [0, 0.1) is 13.8 Å². The lowest BCUT2D eigenvalue weighted by Crippen LogP contribution is -1.94. The lowest BCUT2D eigenvalue weighted by molar-refractivity contribution is 0.373. The number of benzene rings is 1. The van der Waals surface area contributed by atoms with E-state index in [1.54, 1.807) is 13.3 Å². The molecule has 0 aliphatic carbocycles. The predicted molar refractivity (Wildman–Crippen MR) is 74.5 cm³/mol. The maximum atomic E-state index is 5.78. The van der Waals surface area contributed by atoms with E-state index in [2.05, 4.69) is 20.9 Å². The van der Waals surface area contributed by atoms with Gasteiger partial charge < -0.3 is 9.47 Å². The third-order valence-corrected chi connectivity index (χ3v) is 2.96. The number of aromatic nitrogens is 1. The van der Waals surface area contributed by atoms with Crippen molar-refractivity contribution in [1.29, 1.82) is 0 Å². The highest BCUT2D eigenvalue weighted by Gasteiger charge is 2.08. The van der Waals surface area contributed by atoms with Crippen molar-refractivity contribution in [3.63, 3.8) is 0 Å². The second kappa shape index (κ2) is 5.40. The predicted octanol–water partition coefficient (Wildman–Crippen LogP) is 4.26. The summed E-state index contributed by atoms with van der Waals surface area (Å²) in [5.41, 5.74) is 2.09. The van der Waals surface area contributed by atoms with Crippen LogP contribution in [0.1, 0.15) is 11.1 Å². The molecule has 1 heterocycles. The van der Waals surface area contributed by atoms with Gasteiger partial charge in [0.2, 0.25) is 5.88 Å². The SMILES string of the molecule is COc1cc(C)ccc1Oc1ncc(Br)cc1C. The van der Waals surface area contributed by atoms with Crippen molar-refractivity contribution in [2.45, 2.75) is 13.8 Å². The van der Waals surface area contributed by atoms with E-state index in [4.69, 9.17) is 9.47 Å². The highest BCUT2D eigenvalue weighted by atomic mass is 79.9. The summed E-state index contributed by atoms with van der Waals surface area (Å²) in [7, 11) is 1.63. The number of hydrogen-bond donors (Lipinski definition) is 0. The van der Waals surface area contributed by atoms with Gasteiger partial charge in [-0.1, -0.05) is 6.07 Å². The molecule has 0 saturated carbocycles. The topological polar surface area (TPSA) is 31.4 Å². The van der Waals surface area contributed by atoms with Gasteiger partial charge in [-0.2, -0.15) is 0 Å². The Balaban J connectivity index is 2.33. The first-order valence-corrected chi connectivity index (χ1v) is 6.34. The lowest BCUT2D eigenvalue weighted by Gasteiger charge is -2.11. The second-order valence-electron chi connectivity index (χ2n) is 4.03. The van der Waals surface area contributed by atoms with Crippen molar-refractivity contribution in [3.8, 4) is 17.4 Å². The van der Waals surface area contributed by atoms with E-state index in [9.17, 15) is 0 Å². The molecule has 3 nitrogen and oxygen atoms in total. The summed E-state index contributed by atoms with van der Waals surface area (Å²) in [5, 5.41) is 0. The molecule has 0 saturated heterocycles. The molecule has 2 rings (SSSR count). The van der Waals surface area contributed by atoms with Gasteiger partial charge in [0.05, 0.1) is 7.11 Å². The van der Waals surface area contributed by atoms with Gasteiger partial charge in [-0.25, -0.2) is 4.98 Å². The zero-order chi connectivity index (χ0) is 13.1. The standard InChI is InChI=1S/C14H14BrNO2/c1-9-4-5-12(13(6-9)17-3)18-14-10(2)7-11(15)8-16-14/h4-8H,1-3H3. The Kier molecular flexibility index (Phi) is 3.87. The molecule has 1 aromatic heterocycles. The zero-order valence-corrected chi connectivity index (χ0v) is 12.1. The largest absolute Gasteiger partial charge is 0.493 e. The molecule has 0 aliphatic heterocycles. The molecule has 0 spiro atoms. The van der Waals surface area contributed by atoms with Crippen LogP contribution in [0.15, 0.2) is 34.9 Å². The fourth-order valence-corrected chi connectivity index (χ4v) is 2.04. The third kappa shape index (κ3) is 2.82. The Hall–Kier alpha value is -1.55. The van der Waals surface area contributed by atoms with Crippen molar-refractivity contribution in [1.82, 2.24) is 4.98 Å². The van der Waals surface area contributed by atoms with Gasteiger partial charge in [-0.15, -0.1) is 0 Å². The van der Waals surface area contributed by atoms with Gasteiger partial charge in [-0.05, 0) is 53.5 Å². The summed E-state index contributed by atoms with van der Waals surface area (Å²) in [5.74, 6) is 1.96. The van der Waals surface area contributed by atoms with E-state index in [0.717, 1.165) is 15.6 Å². The normalized spacial score (nSPS) is 10.2. The average molecular weight is 308 g/mol. The summed E-state index contributed by atoms with van der Waals surface area (Å²) in [6.07, 6.45) is 1.71. The first-order chi connectivity index (χ1) is 8.60. The van der Waals surface area contributed by atoms with Gasteiger partial charge >= 0.3 is 0 Å². The van der Waals surface area contributed by atoms with Crippen LogP contribution in [0.4, 0.5) is 0 Å². The molecule has 0 bridgehead atoms. The molecule has 0 radical (unpaired) electrons. The smallest absolute Gasteiger partial charge is 0.222 e. The second-order valence-corrected chi connectivity index (χ2v) is 4.95. The molecule has 0 amide bonds. The van der Waals surface area contributed by atoms with Gasteiger partial charge in [0.25, 0.3) is 0 Å². The minimum atomic E-state index is 0.584. The highest BCUT2D eigenvalue weighted by Crippen LogP contribution is 2.33. The average Bonchev–Trinajstić information content (AvgIpc) is 2.34. The van der Waals surface area contributed by atoms with Gasteiger partial charge in [0, 0.05) is 16.2 Å². The Bertz CT molecular complexity index is 570. The summed E-state index contributed by atoms with van der Waals surface area (Å²) in [6.45, 7) is 3.96. The molecule has 1 aromatic carbocycles. The molecule has 0 unspecified atom stereocenters. The molecule has 0 N–H and O–H groups in total. The van der Waals surface area contributed by atoms with E-state index in [1.165, 1.54) is 0 Å². The summed E-state index contributed by atoms with van der Waals surface area (Å²) in [6, 6.07) is 7.76. The van der Waals surface area contributed by atoms with E-state index in [0.29, 0.717) is 17.4 Å². The van der Waals surface area contributed by atoms with Crippen LogP contribution in [-0.2, 0) is 0 Å². The molecule has 0 fully saturated rings. The van der Waals surface area contributed by atoms with Crippen molar-refractivity contribution in [3.05, 3.63) is 46.1 Å². The number of pyridine rings is 1. The zero-order valence-electron chi connectivity index (χ0n) is 10.5. The van der Waals surface area contributed by atoms with E-state index in [-0.39, 0.29) is 0 Å². The van der Waals surface area contributed by atoms with Crippen LogP contribution in [0.3, 0.4) is 0 Å². The van der Waals surface area contributed by atoms with E-state index < -0.39 is 0 Å². The molecule has 94 valence electrons. The van der Waals surface area contributed by atoms with Crippen LogP contribution in [0.25, 0.3) is 0 Å². The Morgan fingerprint density at radius 3 is 2.56 bits per heavy atom. The quantitative estimate of drug-likeness (QED) is 0.849. The van der Waals surface area contributed by atoms with Crippen molar-refractivity contribution in [2.24, 2.45) is 0 Å². The van der Waals surface area contributed by atoms with Crippen LogP contribution < -0.4 is 9.47 Å². The van der Waals surface area contributed by atoms with Gasteiger partial charge in [0.1, 0.15) is 0 Å². The van der Waals surface area contributed by atoms with Crippen LogP contribution in [0.2, 0.25) is 0 Å². The summed E-state index contributed by atoms with van der Waals surface area (Å²) < 4.78 is 12.0.